The van der Waals surface area contributed by atoms with Crippen LogP contribution in [0.2, 0.25) is 0 Å². The van der Waals surface area contributed by atoms with Gasteiger partial charge < -0.3 is 9.47 Å². The molecule has 1 aliphatic rings. The molecule has 0 N–H and O–H groups in total. The number of rotatable bonds is 6. The number of benzene rings is 1. The van der Waals surface area contributed by atoms with Crippen molar-refractivity contribution < 1.29 is 19.1 Å². The van der Waals surface area contributed by atoms with E-state index < -0.39 is 0 Å². The maximum absolute atomic E-state index is 11.4. The van der Waals surface area contributed by atoms with Gasteiger partial charge in [-0.25, -0.2) is 0 Å². The lowest BCUT2D eigenvalue weighted by Crippen LogP contribution is -2.40. The van der Waals surface area contributed by atoms with Crippen LogP contribution < -0.4 is 0 Å². The molecule has 1 aromatic carbocycles. The summed E-state index contributed by atoms with van der Waals surface area (Å²) in [7, 11) is 2.69. The molecule has 0 aliphatic heterocycles. The molecule has 0 spiro atoms. The summed E-state index contributed by atoms with van der Waals surface area (Å²) in [4.78, 5) is 24.6. The molecule has 0 bridgehead atoms. The number of hydrogen-bond acceptors (Lipinski definition) is 5. The van der Waals surface area contributed by atoms with Gasteiger partial charge in [-0.3, -0.25) is 14.5 Å². The molecular formula is C15H19NO4. The molecule has 0 saturated heterocycles. The van der Waals surface area contributed by atoms with Gasteiger partial charge in [0, 0.05) is 12.5 Å². The van der Waals surface area contributed by atoms with Crippen LogP contribution in [0.15, 0.2) is 24.3 Å². The first-order chi connectivity index (χ1) is 9.63. The molecule has 108 valence electrons. The van der Waals surface area contributed by atoms with E-state index in [4.69, 9.17) is 0 Å². The summed E-state index contributed by atoms with van der Waals surface area (Å²) in [5.74, 6) is -0.330. The van der Waals surface area contributed by atoms with Crippen molar-refractivity contribution in [3.63, 3.8) is 0 Å². The molecule has 0 amide bonds. The minimum atomic E-state index is -0.346. The number of methoxy groups -OCH3 is 2. The highest BCUT2D eigenvalue weighted by Gasteiger charge is 2.28. The molecule has 1 atom stereocenters. The first-order valence-corrected chi connectivity index (χ1v) is 6.57. The van der Waals surface area contributed by atoms with Crippen molar-refractivity contribution in [2.45, 2.75) is 12.3 Å². The van der Waals surface area contributed by atoms with Crippen LogP contribution in [-0.2, 0) is 25.5 Å². The fraction of sp³-hybridized carbons (Fsp3) is 0.467. The van der Waals surface area contributed by atoms with Gasteiger partial charge in [-0.2, -0.15) is 0 Å². The van der Waals surface area contributed by atoms with E-state index in [1.165, 1.54) is 25.3 Å². The third-order valence-electron chi connectivity index (χ3n) is 3.60. The van der Waals surface area contributed by atoms with Crippen LogP contribution in [0.25, 0.3) is 0 Å². The molecule has 1 aromatic rings. The van der Waals surface area contributed by atoms with E-state index in [1.54, 1.807) is 4.90 Å². The van der Waals surface area contributed by atoms with E-state index in [0.717, 1.165) is 6.42 Å². The number of nitrogens with zero attached hydrogens (tertiary/aromatic N) is 1. The van der Waals surface area contributed by atoms with Gasteiger partial charge in [0.15, 0.2) is 0 Å². The lowest BCUT2D eigenvalue weighted by atomic mass is 9.77. The number of fused-ring (bicyclic) bond motifs is 1. The van der Waals surface area contributed by atoms with Crippen LogP contribution in [-0.4, -0.2) is 50.7 Å². The summed E-state index contributed by atoms with van der Waals surface area (Å²) in [5, 5.41) is 0. The van der Waals surface area contributed by atoms with Crippen LogP contribution in [0, 0.1) is 0 Å². The molecule has 0 aromatic heterocycles. The maximum atomic E-state index is 11.4. The number of esters is 2. The average molecular weight is 277 g/mol. The Labute approximate surface area is 118 Å². The number of hydrogen-bond donors (Lipinski definition) is 0. The van der Waals surface area contributed by atoms with Crippen LogP contribution in [0.1, 0.15) is 17.0 Å². The summed E-state index contributed by atoms with van der Waals surface area (Å²) in [5.41, 5.74) is 2.64. The second-order valence-corrected chi connectivity index (χ2v) is 4.92. The van der Waals surface area contributed by atoms with Gasteiger partial charge in [0.05, 0.1) is 27.3 Å². The fourth-order valence-electron chi connectivity index (χ4n) is 2.52. The van der Waals surface area contributed by atoms with Gasteiger partial charge in [0.2, 0.25) is 0 Å². The standard InChI is InChI=1S/C15H19NO4/c1-19-14(17)9-16(10-15(18)20-2)8-12-7-11-5-3-4-6-13(11)12/h3-6,12H,7-10H2,1-2H3. The van der Waals surface area contributed by atoms with Crippen molar-refractivity contribution in [2.75, 3.05) is 33.9 Å². The lowest BCUT2D eigenvalue weighted by molar-refractivity contribution is -0.145. The van der Waals surface area contributed by atoms with Gasteiger partial charge in [0.25, 0.3) is 0 Å². The molecule has 20 heavy (non-hydrogen) atoms. The van der Waals surface area contributed by atoms with Crippen molar-refractivity contribution in [1.82, 2.24) is 4.90 Å². The monoisotopic (exact) mass is 277 g/mol. The Balaban J connectivity index is 1.97. The molecule has 5 heteroatoms. The molecular weight excluding hydrogens is 258 g/mol. The summed E-state index contributed by atoms with van der Waals surface area (Å²) >= 11 is 0. The van der Waals surface area contributed by atoms with Crippen molar-refractivity contribution in [1.29, 1.82) is 0 Å². The molecule has 1 aliphatic carbocycles. The van der Waals surface area contributed by atoms with Gasteiger partial charge in [-0.05, 0) is 17.5 Å². The Bertz CT molecular complexity index is 482. The van der Waals surface area contributed by atoms with Gasteiger partial charge in [0.1, 0.15) is 0 Å². The molecule has 0 fully saturated rings. The summed E-state index contributed by atoms with van der Waals surface area (Å²) in [6, 6.07) is 8.24. The Hall–Kier alpha value is -1.88. The lowest BCUT2D eigenvalue weighted by Gasteiger charge is -2.34. The molecule has 5 nitrogen and oxygen atoms in total. The average Bonchev–Trinajstić information content (AvgIpc) is 2.44. The zero-order valence-electron chi connectivity index (χ0n) is 11.8. The van der Waals surface area contributed by atoms with E-state index in [0.29, 0.717) is 12.5 Å². The van der Waals surface area contributed by atoms with Crippen LogP contribution in [0.3, 0.4) is 0 Å². The second kappa shape index (κ2) is 6.52. The molecule has 0 radical (unpaired) electrons. The third kappa shape index (κ3) is 3.36. The van der Waals surface area contributed by atoms with E-state index >= 15 is 0 Å². The number of carbonyl (C=O) groups excluding carboxylic acids is 2. The largest absolute Gasteiger partial charge is 0.468 e. The van der Waals surface area contributed by atoms with E-state index in [-0.39, 0.29) is 25.0 Å². The van der Waals surface area contributed by atoms with Gasteiger partial charge >= 0.3 is 11.9 Å². The molecule has 0 saturated carbocycles. The minimum absolute atomic E-state index is 0.101. The van der Waals surface area contributed by atoms with Crippen molar-refractivity contribution >= 4 is 11.9 Å². The van der Waals surface area contributed by atoms with Crippen molar-refractivity contribution in [3.05, 3.63) is 35.4 Å². The van der Waals surface area contributed by atoms with E-state index in [9.17, 15) is 9.59 Å². The smallest absolute Gasteiger partial charge is 0.319 e. The summed E-state index contributed by atoms with van der Waals surface area (Å²) < 4.78 is 9.33. The molecule has 1 unspecified atom stereocenters. The second-order valence-electron chi connectivity index (χ2n) is 4.92. The van der Waals surface area contributed by atoms with Crippen molar-refractivity contribution in [3.8, 4) is 0 Å². The third-order valence-corrected chi connectivity index (χ3v) is 3.60. The first kappa shape index (κ1) is 14.5. The number of ether oxygens (including phenoxy) is 2. The topological polar surface area (TPSA) is 55.8 Å². The van der Waals surface area contributed by atoms with E-state index in [1.807, 2.05) is 12.1 Å². The predicted molar refractivity (Wildman–Crippen MR) is 73.4 cm³/mol. The maximum Gasteiger partial charge on any atom is 0.319 e. The Morgan fingerprint density at radius 2 is 1.75 bits per heavy atom. The van der Waals surface area contributed by atoms with Crippen LogP contribution >= 0.6 is 0 Å². The molecule has 0 heterocycles. The zero-order valence-corrected chi connectivity index (χ0v) is 11.8. The Morgan fingerprint density at radius 1 is 1.15 bits per heavy atom. The highest BCUT2D eigenvalue weighted by atomic mass is 16.5. The number of carbonyl (C=O) groups is 2. The minimum Gasteiger partial charge on any atom is -0.468 e. The normalized spacial score (nSPS) is 16.2. The Morgan fingerprint density at radius 3 is 2.30 bits per heavy atom. The quantitative estimate of drug-likeness (QED) is 0.725. The fourth-order valence-corrected chi connectivity index (χ4v) is 2.52. The van der Waals surface area contributed by atoms with Gasteiger partial charge in [-0.15, -0.1) is 0 Å². The highest BCUT2D eigenvalue weighted by molar-refractivity contribution is 5.74. The Kier molecular flexibility index (Phi) is 4.74. The van der Waals surface area contributed by atoms with Crippen LogP contribution in [0.5, 0.6) is 0 Å². The highest BCUT2D eigenvalue weighted by Crippen LogP contribution is 2.35. The summed E-state index contributed by atoms with van der Waals surface area (Å²) in [6.45, 7) is 0.857. The molecule has 2 rings (SSSR count). The first-order valence-electron chi connectivity index (χ1n) is 6.57. The predicted octanol–water partition coefficient (Wildman–Crippen LogP) is 0.974. The summed E-state index contributed by atoms with van der Waals surface area (Å²) in [6.07, 6.45) is 0.981. The van der Waals surface area contributed by atoms with Crippen LogP contribution in [0.4, 0.5) is 0 Å². The van der Waals surface area contributed by atoms with Gasteiger partial charge in [-0.1, -0.05) is 24.3 Å². The zero-order chi connectivity index (χ0) is 14.5. The van der Waals surface area contributed by atoms with E-state index in [2.05, 4.69) is 21.6 Å². The SMILES string of the molecule is COC(=O)CN(CC(=O)OC)CC1Cc2ccccc21. The van der Waals surface area contributed by atoms with Crippen molar-refractivity contribution in [2.24, 2.45) is 0 Å².